The lowest BCUT2D eigenvalue weighted by atomic mass is 10.00. The van der Waals surface area contributed by atoms with E-state index < -0.39 is 23.8 Å². The van der Waals surface area contributed by atoms with Crippen molar-refractivity contribution in [2.45, 2.75) is 58.2 Å². The van der Waals surface area contributed by atoms with E-state index in [-0.39, 0.29) is 5.91 Å². The Hall–Kier alpha value is -1.30. The summed E-state index contributed by atoms with van der Waals surface area (Å²) in [5, 5.41) is 19.2. The van der Waals surface area contributed by atoms with Crippen molar-refractivity contribution in [3.63, 3.8) is 0 Å². The number of carbonyl (C=O) groups excluding carboxylic acids is 1. The van der Waals surface area contributed by atoms with Crippen molar-refractivity contribution >= 4 is 12.0 Å². The van der Waals surface area contributed by atoms with Crippen LogP contribution in [0.3, 0.4) is 0 Å². The summed E-state index contributed by atoms with van der Waals surface area (Å²) in [5.41, 5.74) is -0.747. The molecule has 19 heavy (non-hydrogen) atoms. The fourth-order valence-electron chi connectivity index (χ4n) is 2.48. The normalized spacial score (nSPS) is 19.1. The molecule has 0 radical (unpaired) electrons. The molecule has 0 unspecified atom stereocenters. The second-order valence-corrected chi connectivity index (χ2v) is 6.04. The summed E-state index contributed by atoms with van der Waals surface area (Å²) in [6, 6.07) is -1.05. The van der Waals surface area contributed by atoms with Gasteiger partial charge in [0.15, 0.2) is 0 Å². The second-order valence-electron chi connectivity index (χ2n) is 6.04. The quantitative estimate of drug-likeness (QED) is 0.807. The Labute approximate surface area is 114 Å². The van der Waals surface area contributed by atoms with Crippen LogP contribution in [0.25, 0.3) is 0 Å². The van der Waals surface area contributed by atoms with E-state index in [0.717, 1.165) is 17.7 Å². The maximum absolute atomic E-state index is 12.4. The molecule has 0 aliphatic carbocycles. The molecule has 0 spiro atoms. The molecule has 1 rings (SSSR count). The van der Waals surface area contributed by atoms with Crippen LogP contribution < -0.4 is 0 Å². The number of hydrogen-bond acceptors (Lipinski definition) is 3. The van der Waals surface area contributed by atoms with Gasteiger partial charge in [-0.2, -0.15) is 0 Å². The van der Waals surface area contributed by atoms with E-state index in [4.69, 9.17) is 0 Å². The Morgan fingerprint density at radius 1 is 1.21 bits per heavy atom. The standard InChI is InChI=1S/C13H24N2O4/c1-9(16)10(11(17)14-7-5-6-8-14)15(12(18)19)13(2,3)4/h9-10,16H,5-8H2,1-4H3,(H,18,19)/t9-,10+/m1/s1. The van der Waals surface area contributed by atoms with Gasteiger partial charge >= 0.3 is 6.09 Å². The summed E-state index contributed by atoms with van der Waals surface area (Å²) >= 11 is 0. The molecular weight excluding hydrogens is 248 g/mol. The SMILES string of the molecule is C[C@@H](O)[C@@H](C(=O)N1CCCC1)N(C(=O)O)C(C)(C)C. The third kappa shape index (κ3) is 3.59. The van der Waals surface area contributed by atoms with Crippen molar-refractivity contribution < 1.29 is 19.8 Å². The highest BCUT2D eigenvalue weighted by Gasteiger charge is 2.42. The number of aliphatic hydroxyl groups is 1. The summed E-state index contributed by atoms with van der Waals surface area (Å²) in [4.78, 5) is 26.6. The fourth-order valence-corrected chi connectivity index (χ4v) is 2.48. The van der Waals surface area contributed by atoms with Crippen LogP contribution in [0, 0.1) is 0 Å². The number of hydrogen-bond donors (Lipinski definition) is 2. The maximum Gasteiger partial charge on any atom is 0.408 e. The van der Waals surface area contributed by atoms with Gasteiger partial charge in [-0.05, 0) is 40.5 Å². The fraction of sp³-hybridized carbons (Fsp3) is 0.846. The maximum atomic E-state index is 12.4. The Bertz CT molecular complexity index is 343. The van der Waals surface area contributed by atoms with Crippen LogP contribution in [0.2, 0.25) is 0 Å². The highest BCUT2D eigenvalue weighted by atomic mass is 16.4. The number of aliphatic hydroxyl groups excluding tert-OH is 1. The smallest absolute Gasteiger partial charge is 0.408 e. The van der Waals surface area contributed by atoms with Crippen molar-refractivity contribution in [2.75, 3.05) is 13.1 Å². The van der Waals surface area contributed by atoms with Gasteiger partial charge in [0, 0.05) is 18.6 Å². The van der Waals surface area contributed by atoms with Crippen LogP contribution in [0.15, 0.2) is 0 Å². The number of likely N-dealkylation sites (tertiary alicyclic amines) is 1. The van der Waals surface area contributed by atoms with E-state index >= 15 is 0 Å². The number of rotatable bonds is 3. The Balaban J connectivity index is 3.03. The Morgan fingerprint density at radius 2 is 1.68 bits per heavy atom. The van der Waals surface area contributed by atoms with Crippen LogP contribution in [0.4, 0.5) is 4.79 Å². The molecule has 1 saturated heterocycles. The van der Waals surface area contributed by atoms with E-state index in [1.807, 2.05) is 0 Å². The number of carboxylic acid groups (broad SMARTS) is 1. The second kappa shape index (κ2) is 5.77. The Morgan fingerprint density at radius 3 is 2.00 bits per heavy atom. The van der Waals surface area contributed by atoms with Crippen LogP contribution in [-0.2, 0) is 4.79 Å². The summed E-state index contributed by atoms with van der Waals surface area (Å²) in [7, 11) is 0. The lowest BCUT2D eigenvalue weighted by molar-refractivity contribution is -0.141. The van der Waals surface area contributed by atoms with E-state index in [1.165, 1.54) is 6.92 Å². The molecule has 6 heteroatoms. The molecule has 1 fully saturated rings. The average molecular weight is 272 g/mol. The largest absolute Gasteiger partial charge is 0.465 e. The first-order chi connectivity index (χ1) is 8.66. The summed E-state index contributed by atoms with van der Waals surface area (Å²) in [5.74, 6) is -0.301. The van der Waals surface area contributed by atoms with Gasteiger partial charge in [-0.3, -0.25) is 9.69 Å². The summed E-state index contributed by atoms with van der Waals surface area (Å²) in [6.45, 7) is 7.88. The molecule has 0 saturated carbocycles. The molecular formula is C13H24N2O4. The molecule has 1 heterocycles. The topological polar surface area (TPSA) is 81.1 Å². The minimum Gasteiger partial charge on any atom is -0.465 e. The van der Waals surface area contributed by atoms with Gasteiger partial charge in [0.2, 0.25) is 5.91 Å². The zero-order valence-corrected chi connectivity index (χ0v) is 12.1. The zero-order chi connectivity index (χ0) is 14.8. The third-order valence-electron chi connectivity index (χ3n) is 3.33. The highest BCUT2D eigenvalue weighted by Crippen LogP contribution is 2.22. The van der Waals surface area contributed by atoms with Crippen LogP contribution in [0.5, 0.6) is 0 Å². The van der Waals surface area contributed by atoms with Crippen molar-refractivity contribution in [3.05, 3.63) is 0 Å². The highest BCUT2D eigenvalue weighted by molar-refractivity contribution is 5.86. The predicted molar refractivity (Wildman–Crippen MR) is 70.9 cm³/mol. The Kier molecular flexibility index (Phi) is 4.79. The number of carbonyl (C=O) groups is 2. The molecule has 1 aliphatic rings. The molecule has 2 amide bonds. The van der Waals surface area contributed by atoms with Gasteiger partial charge in [-0.15, -0.1) is 0 Å². The third-order valence-corrected chi connectivity index (χ3v) is 3.33. The first-order valence-electron chi connectivity index (χ1n) is 6.65. The lowest BCUT2D eigenvalue weighted by Crippen LogP contribution is -2.60. The van der Waals surface area contributed by atoms with Crippen molar-refractivity contribution in [3.8, 4) is 0 Å². The van der Waals surface area contributed by atoms with Crippen molar-refractivity contribution in [2.24, 2.45) is 0 Å². The molecule has 2 N–H and O–H groups in total. The molecule has 0 aromatic rings. The molecule has 6 nitrogen and oxygen atoms in total. The molecule has 0 aromatic carbocycles. The average Bonchev–Trinajstić information content (AvgIpc) is 2.74. The number of nitrogens with zero attached hydrogens (tertiary/aromatic N) is 2. The molecule has 0 aromatic heterocycles. The van der Waals surface area contributed by atoms with Gasteiger partial charge in [0.05, 0.1) is 6.10 Å². The molecule has 0 bridgehead atoms. The predicted octanol–water partition coefficient (Wildman–Crippen LogP) is 1.14. The first-order valence-corrected chi connectivity index (χ1v) is 6.65. The summed E-state index contributed by atoms with van der Waals surface area (Å²) < 4.78 is 0. The zero-order valence-electron chi connectivity index (χ0n) is 12.1. The molecule has 1 aliphatic heterocycles. The molecule has 110 valence electrons. The van der Waals surface area contributed by atoms with Crippen molar-refractivity contribution in [1.82, 2.24) is 9.80 Å². The minimum atomic E-state index is -1.19. The van der Waals surface area contributed by atoms with E-state index in [1.54, 1.807) is 25.7 Å². The van der Waals surface area contributed by atoms with E-state index in [9.17, 15) is 19.8 Å². The van der Waals surface area contributed by atoms with E-state index in [0.29, 0.717) is 13.1 Å². The van der Waals surface area contributed by atoms with Gasteiger partial charge in [-0.1, -0.05) is 0 Å². The van der Waals surface area contributed by atoms with Gasteiger partial charge < -0.3 is 15.1 Å². The minimum absolute atomic E-state index is 0.301. The monoisotopic (exact) mass is 272 g/mol. The van der Waals surface area contributed by atoms with E-state index in [2.05, 4.69) is 0 Å². The van der Waals surface area contributed by atoms with Crippen LogP contribution in [-0.4, -0.2) is 62.8 Å². The number of amides is 2. The lowest BCUT2D eigenvalue weighted by Gasteiger charge is -2.41. The van der Waals surface area contributed by atoms with Crippen LogP contribution >= 0.6 is 0 Å². The van der Waals surface area contributed by atoms with Gasteiger partial charge in [0.1, 0.15) is 6.04 Å². The van der Waals surface area contributed by atoms with Crippen LogP contribution in [0.1, 0.15) is 40.5 Å². The van der Waals surface area contributed by atoms with Gasteiger partial charge in [-0.25, -0.2) is 4.79 Å². The van der Waals surface area contributed by atoms with Crippen molar-refractivity contribution in [1.29, 1.82) is 0 Å². The molecule has 2 atom stereocenters. The van der Waals surface area contributed by atoms with Gasteiger partial charge in [0.25, 0.3) is 0 Å². The first kappa shape index (κ1) is 15.8. The summed E-state index contributed by atoms with van der Waals surface area (Å²) in [6.07, 6.45) is -0.365.